The van der Waals surface area contributed by atoms with E-state index in [1.807, 2.05) is 12.1 Å². The van der Waals surface area contributed by atoms with Gasteiger partial charge in [0, 0.05) is 50.4 Å². The molecule has 5 nitrogen and oxygen atoms in total. The largest absolute Gasteiger partial charge is 0.370 e. The molecule has 4 aliphatic rings. The Bertz CT molecular complexity index is 880. The van der Waals surface area contributed by atoms with Gasteiger partial charge in [-0.1, -0.05) is 31.1 Å². The Hall–Kier alpha value is -1.72. The lowest BCUT2D eigenvalue weighted by molar-refractivity contribution is -0.120. The number of rotatable bonds is 7. The van der Waals surface area contributed by atoms with E-state index in [0.717, 1.165) is 38.2 Å². The summed E-state index contributed by atoms with van der Waals surface area (Å²) >= 11 is 0. The number of hydrogen-bond acceptors (Lipinski definition) is 4. The second-order valence-corrected chi connectivity index (χ2v) is 11.4. The highest BCUT2D eigenvalue weighted by molar-refractivity contribution is 5.78. The molecule has 1 amide bonds. The van der Waals surface area contributed by atoms with Crippen molar-refractivity contribution in [3.05, 3.63) is 41.2 Å². The van der Waals surface area contributed by atoms with Crippen molar-refractivity contribution in [2.24, 2.45) is 17.3 Å². The molecule has 1 aromatic heterocycles. The third-order valence-electron chi connectivity index (χ3n) is 8.84. The van der Waals surface area contributed by atoms with Crippen LogP contribution in [-0.4, -0.2) is 53.7 Å². The fourth-order valence-corrected chi connectivity index (χ4v) is 7.21. The Kier molecular flexibility index (Phi) is 5.91. The fraction of sp³-hybridized carbons (Fsp3) is 0.704. The van der Waals surface area contributed by atoms with E-state index >= 15 is 0 Å². The summed E-state index contributed by atoms with van der Waals surface area (Å²) in [7, 11) is 0. The van der Waals surface area contributed by atoms with Crippen LogP contribution >= 0.6 is 0 Å². The lowest BCUT2D eigenvalue weighted by atomic mass is 9.71. The maximum Gasteiger partial charge on any atom is 0.224 e. The molecule has 5 rings (SSSR count). The van der Waals surface area contributed by atoms with E-state index in [1.54, 1.807) is 23.5 Å². The molecular weight excluding hydrogens is 398 g/mol. The summed E-state index contributed by atoms with van der Waals surface area (Å²) in [4.78, 5) is 19.3. The van der Waals surface area contributed by atoms with Crippen molar-refractivity contribution in [2.75, 3.05) is 26.2 Å². The van der Waals surface area contributed by atoms with Gasteiger partial charge in [-0.25, -0.2) is 0 Å². The van der Waals surface area contributed by atoms with Crippen LogP contribution in [0.3, 0.4) is 0 Å². The van der Waals surface area contributed by atoms with Crippen LogP contribution in [0.1, 0.15) is 64.9 Å². The predicted octanol–water partition coefficient (Wildman–Crippen LogP) is 4.14. The van der Waals surface area contributed by atoms with E-state index in [9.17, 15) is 4.79 Å². The molecule has 1 spiro atoms. The average Bonchev–Trinajstić information content (AvgIpc) is 3.40. The maximum absolute atomic E-state index is 12.5. The molecule has 3 fully saturated rings. The van der Waals surface area contributed by atoms with E-state index in [2.05, 4.69) is 36.0 Å². The highest BCUT2D eigenvalue weighted by Gasteiger charge is 2.62. The molecule has 2 bridgehead atoms. The SMILES string of the molecule is CC1=C(CCN2C[C@@H]3[C@H](CNC(=O)Cc4cccnc4)[C@H]4CC[C@]3(C2)O4)C(C)(C)CCC1. The lowest BCUT2D eigenvalue weighted by Crippen LogP contribution is -2.42. The summed E-state index contributed by atoms with van der Waals surface area (Å²) in [5, 5.41) is 3.21. The first-order valence-corrected chi connectivity index (χ1v) is 12.6. The van der Waals surface area contributed by atoms with Gasteiger partial charge in [0.25, 0.3) is 0 Å². The predicted molar refractivity (Wildman–Crippen MR) is 126 cm³/mol. The highest BCUT2D eigenvalue weighted by atomic mass is 16.5. The number of allylic oxidation sites excluding steroid dienone is 1. The van der Waals surface area contributed by atoms with Gasteiger partial charge in [0.2, 0.25) is 5.91 Å². The summed E-state index contributed by atoms with van der Waals surface area (Å²) < 4.78 is 6.62. The van der Waals surface area contributed by atoms with Gasteiger partial charge in [-0.05, 0) is 62.5 Å². The molecule has 174 valence electrons. The minimum absolute atomic E-state index is 0.0366. The summed E-state index contributed by atoms with van der Waals surface area (Å²) in [6.45, 7) is 11.3. The fourth-order valence-electron chi connectivity index (χ4n) is 7.21. The summed E-state index contributed by atoms with van der Waals surface area (Å²) in [5.74, 6) is 1.08. The molecule has 0 aromatic carbocycles. The molecule has 0 radical (unpaired) electrons. The molecule has 0 saturated carbocycles. The van der Waals surface area contributed by atoms with Gasteiger partial charge in [-0.2, -0.15) is 0 Å². The molecule has 3 aliphatic heterocycles. The molecule has 0 unspecified atom stereocenters. The first-order chi connectivity index (χ1) is 15.4. The van der Waals surface area contributed by atoms with Crippen molar-refractivity contribution < 1.29 is 9.53 Å². The summed E-state index contributed by atoms with van der Waals surface area (Å²) in [6, 6.07) is 3.84. The number of nitrogens with one attached hydrogen (secondary N) is 1. The zero-order valence-corrected chi connectivity index (χ0v) is 20.0. The highest BCUT2D eigenvalue weighted by Crippen LogP contribution is 2.54. The lowest BCUT2D eigenvalue weighted by Gasteiger charge is -2.35. The van der Waals surface area contributed by atoms with Gasteiger partial charge in [0.15, 0.2) is 0 Å². The van der Waals surface area contributed by atoms with Crippen molar-refractivity contribution in [2.45, 2.75) is 77.4 Å². The minimum atomic E-state index is 0.0366. The molecule has 1 N–H and O–H groups in total. The average molecular weight is 438 g/mol. The molecular formula is C27H39N3O2. The number of carbonyl (C=O) groups excluding carboxylic acids is 1. The maximum atomic E-state index is 12.5. The summed E-state index contributed by atoms with van der Waals surface area (Å²) in [6.07, 6.45) is 11.7. The second-order valence-electron chi connectivity index (χ2n) is 11.4. The van der Waals surface area contributed by atoms with Crippen molar-refractivity contribution >= 4 is 5.91 Å². The quantitative estimate of drug-likeness (QED) is 0.652. The second kappa shape index (κ2) is 8.57. The Morgan fingerprint density at radius 1 is 1.34 bits per heavy atom. The van der Waals surface area contributed by atoms with Gasteiger partial charge in [-0.15, -0.1) is 0 Å². The number of likely N-dealkylation sites (tertiary alicyclic amines) is 1. The zero-order valence-electron chi connectivity index (χ0n) is 20.0. The van der Waals surface area contributed by atoms with Crippen molar-refractivity contribution in [3.63, 3.8) is 0 Å². The number of amides is 1. The number of hydrogen-bond donors (Lipinski definition) is 1. The molecule has 5 heteroatoms. The zero-order chi connectivity index (χ0) is 22.3. The minimum Gasteiger partial charge on any atom is -0.370 e. The monoisotopic (exact) mass is 437 g/mol. The third-order valence-corrected chi connectivity index (χ3v) is 8.84. The van der Waals surface area contributed by atoms with Crippen molar-refractivity contribution in [1.82, 2.24) is 15.2 Å². The Balaban J connectivity index is 1.18. The van der Waals surface area contributed by atoms with Crippen molar-refractivity contribution in [3.8, 4) is 0 Å². The Labute approximate surface area is 193 Å². The van der Waals surface area contributed by atoms with E-state index in [0.29, 0.717) is 29.8 Å². The molecule has 3 saturated heterocycles. The first kappa shape index (κ1) is 22.1. The standard InChI is InChI=1S/C27H39N3O2/c1-19-6-4-10-26(2,3)22(19)9-13-30-17-23-21(24-8-11-27(23,18-30)32-24)16-29-25(31)14-20-7-5-12-28-15-20/h5,7,12,15,21,23-24H,4,6,8-11,13-14,16-18H2,1-3H3,(H,29,31)/t21-,23+,24+,27+/m0/s1. The smallest absolute Gasteiger partial charge is 0.224 e. The van der Waals surface area contributed by atoms with Crippen LogP contribution in [0.2, 0.25) is 0 Å². The molecule has 1 aliphatic carbocycles. The van der Waals surface area contributed by atoms with E-state index in [4.69, 9.17) is 4.74 Å². The van der Waals surface area contributed by atoms with Crippen LogP contribution in [0, 0.1) is 17.3 Å². The van der Waals surface area contributed by atoms with Gasteiger partial charge in [0.1, 0.15) is 0 Å². The van der Waals surface area contributed by atoms with Crippen LogP contribution in [0.5, 0.6) is 0 Å². The Morgan fingerprint density at radius 2 is 2.22 bits per heavy atom. The number of aromatic nitrogens is 1. The first-order valence-electron chi connectivity index (χ1n) is 12.6. The molecule has 4 atom stereocenters. The van der Waals surface area contributed by atoms with Crippen LogP contribution < -0.4 is 5.32 Å². The number of nitrogens with zero attached hydrogens (tertiary/aromatic N) is 2. The van der Waals surface area contributed by atoms with E-state index in [1.165, 1.54) is 32.1 Å². The van der Waals surface area contributed by atoms with Gasteiger partial charge >= 0.3 is 0 Å². The van der Waals surface area contributed by atoms with Crippen LogP contribution in [0.15, 0.2) is 35.7 Å². The van der Waals surface area contributed by atoms with Crippen LogP contribution in [0.25, 0.3) is 0 Å². The van der Waals surface area contributed by atoms with Crippen LogP contribution in [-0.2, 0) is 16.0 Å². The molecule has 4 heterocycles. The molecule has 32 heavy (non-hydrogen) atoms. The van der Waals surface area contributed by atoms with Gasteiger partial charge in [0.05, 0.1) is 18.1 Å². The number of carbonyl (C=O) groups is 1. The number of ether oxygens (including phenoxy) is 1. The van der Waals surface area contributed by atoms with Crippen LogP contribution in [0.4, 0.5) is 0 Å². The number of pyridine rings is 1. The van der Waals surface area contributed by atoms with Gasteiger partial charge < -0.3 is 10.1 Å². The summed E-state index contributed by atoms with van der Waals surface area (Å²) in [5.41, 5.74) is 4.68. The topological polar surface area (TPSA) is 54.5 Å². The van der Waals surface area contributed by atoms with Crippen molar-refractivity contribution in [1.29, 1.82) is 0 Å². The Morgan fingerprint density at radius 3 is 3.00 bits per heavy atom. The van der Waals surface area contributed by atoms with E-state index < -0.39 is 0 Å². The van der Waals surface area contributed by atoms with E-state index in [-0.39, 0.29) is 11.5 Å². The van der Waals surface area contributed by atoms with Gasteiger partial charge in [-0.3, -0.25) is 14.7 Å². The molecule has 1 aromatic rings. The normalized spacial score (nSPS) is 33.5. The number of fused-ring (bicyclic) bond motifs is 1. The third kappa shape index (κ3) is 4.14.